The maximum atomic E-state index is 5.29. The van der Waals surface area contributed by atoms with Crippen LogP contribution in [-0.4, -0.2) is 19.3 Å². The van der Waals surface area contributed by atoms with Crippen LogP contribution < -0.4 is 5.32 Å². The normalized spacial score (nSPS) is 17.1. The Hall–Kier alpha value is -0.860. The molecule has 3 atom stereocenters. The van der Waals surface area contributed by atoms with Crippen LogP contribution in [0.3, 0.4) is 0 Å². The summed E-state index contributed by atoms with van der Waals surface area (Å²) in [6.45, 7) is 6.40. The molecular formula is C13H21NO. The molecule has 1 aromatic carbocycles. The van der Waals surface area contributed by atoms with E-state index in [1.807, 2.05) is 6.07 Å². The van der Waals surface area contributed by atoms with Crippen molar-refractivity contribution in [2.24, 2.45) is 0 Å². The molecule has 0 spiro atoms. The standard InChI is InChI=1S/C13H21NO/c1-10(12(3)15-4)14-11(2)13-8-6-5-7-9-13/h5-12,14H,1-4H3/t10?,11-,12?/m1/s1. The van der Waals surface area contributed by atoms with Crippen LogP contribution in [0.2, 0.25) is 0 Å². The summed E-state index contributed by atoms with van der Waals surface area (Å²) in [5.41, 5.74) is 1.31. The summed E-state index contributed by atoms with van der Waals surface area (Å²) in [5, 5.41) is 3.52. The van der Waals surface area contributed by atoms with Crippen molar-refractivity contribution in [3.63, 3.8) is 0 Å². The van der Waals surface area contributed by atoms with Crippen molar-refractivity contribution in [1.29, 1.82) is 0 Å². The van der Waals surface area contributed by atoms with E-state index in [0.29, 0.717) is 12.1 Å². The van der Waals surface area contributed by atoms with E-state index in [2.05, 4.69) is 50.4 Å². The van der Waals surface area contributed by atoms with Gasteiger partial charge >= 0.3 is 0 Å². The van der Waals surface area contributed by atoms with E-state index in [4.69, 9.17) is 4.74 Å². The fourth-order valence-corrected chi connectivity index (χ4v) is 1.57. The third kappa shape index (κ3) is 3.65. The van der Waals surface area contributed by atoms with Gasteiger partial charge in [0, 0.05) is 19.2 Å². The molecule has 2 unspecified atom stereocenters. The first-order chi connectivity index (χ1) is 7.15. The Balaban J connectivity index is 2.52. The largest absolute Gasteiger partial charge is 0.380 e. The Labute approximate surface area is 92.6 Å². The summed E-state index contributed by atoms with van der Waals surface area (Å²) >= 11 is 0. The molecule has 0 bridgehead atoms. The predicted molar refractivity (Wildman–Crippen MR) is 63.9 cm³/mol. The van der Waals surface area contributed by atoms with Crippen molar-refractivity contribution in [2.45, 2.75) is 39.0 Å². The molecular weight excluding hydrogens is 186 g/mol. The van der Waals surface area contributed by atoms with E-state index < -0.39 is 0 Å². The summed E-state index contributed by atoms with van der Waals surface area (Å²) in [5.74, 6) is 0. The lowest BCUT2D eigenvalue weighted by atomic mass is 10.1. The first-order valence-electron chi connectivity index (χ1n) is 5.49. The van der Waals surface area contributed by atoms with Crippen molar-refractivity contribution in [1.82, 2.24) is 5.32 Å². The Morgan fingerprint density at radius 2 is 1.67 bits per heavy atom. The Morgan fingerprint density at radius 3 is 2.20 bits per heavy atom. The molecule has 0 saturated carbocycles. The van der Waals surface area contributed by atoms with Gasteiger partial charge in [0.1, 0.15) is 0 Å². The molecule has 2 heteroatoms. The maximum Gasteiger partial charge on any atom is 0.0693 e. The van der Waals surface area contributed by atoms with Crippen molar-refractivity contribution in [3.8, 4) is 0 Å². The Bertz CT molecular complexity index is 273. The molecule has 0 aliphatic carbocycles. The van der Waals surface area contributed by atoms with Gasteiger partial charge in [-0.25, -0.2) is 0 Å². The van der Waals surface area contributed by atoms with Gasteiger partial charge in [0.05, 0.1) is 6.10 Å². The zero-order valence-electron chi connectivity index (χ0n) is 10.0. The smallest absolute Gasteiger partial charge is 0.0693 e. The molecule has 0 aliphatic heterocycles. The molecule has 1 rings (SSSR count). The van der Waals surface area contributed by atoms with E-state index in [1.54, 1.807) is 7.11 Å². The molecule has 0 radical (unpaired) electrons. The molecule has 84 valence electrons. The van der Waals surface area contributed by atoms with Gasteiger partial charge in [0.15, 0.2) is 0 Å². The van der Waals surface area contributed by atoms with Gasteiger partial charge in [-0.3, -0.25) is 0 Å². The highest BCUT2D eigenvalue weighted by atomic mass is 16.5. The second kappa shape index (κ2) is 5.89. The molecule has 0 saturated heterocycles. The summed E-state index contributed by atoms with van der Waals surface area (Å²) in [6, 6.07) is 11.2. The maximum absolute atomic E-state index is 5.29. The highest BCUT2D eigenvalue weighted by Crippen LogP contribution is 2.13. The van der Waals surface area contributed by atoms with Crippen LogP contribution in [0.15, 0.2) is 30.3 Å². The van der Waals surface area contributed by atoms with Gasteiger partial charge < -0.3 is 10.1 Å². The number of benzene rings is 1. The van der Waals surface area contributed by atoms with E-state index in [9.17, 15) is 0 Å². The minimum atomic E-state index is 0.233. The van der Waals surface area contributed by atoms with Crippen molar-refractivity contribution < 1.29 is 4.74 Å². The number of methoxy groups -OCH3 is 1. The number of hydrogen-bond donors (Lipinski definition) is 1. The van der Waals surface area contributed by atoms with Crippen molar-refractivity contribution >= 4 is 0 Å². The lowest BCUT2D eigenvalue weighted by molar-refractivity contribution is 0.0852. The van der Waals surface area contributed by atoms with Crippen LogP contribution in [0.5, 0.6) is 0 Å². The zero-order valence-corrected chi connectivity index (χ0v) is 10.0. The van der Waals surface area contributed by atoms with Gasteiger partial charge in [0.2, 0.25) is 0 Å². The fourth-order valence-electron chi connectivity index (χ4n) is 1.57. The molecule has 0 fully saturated rings. The van der Waals surface area contributed by atoms with E-state index in [1.165, 1.54) is 5.56 Å². The second-order valence-electron chi connectivity index (χ2n) is 4.03. The third-order valence-electron chi connectivity index (χ3n) is 2.89. The predicted octanol–water partition coefficient (Wildman–Crippen LogP) is 2.76. The van der Waals surface area contributed by atoms with Crippen LogP contribution in [0.4, 0.5) is 0 Å². The van der Waals surface area contributed by atoms with E-state index in [-0.39, 0.29) is 6.10 Å². The third-order valence-corrected chi connectivity index (χ3v) is 2.89. The molecule has 0 aliphatic rings. The fraction of sp³-hybridized carbons (Fsp3) is 0.538. The van der Waals surface area contributed by atoms with Crippen LogP contribution >= 0.6 is 0 Å². The minimum Gasteiger partial charge on any atom is -0.380 e. The number of ether oxygens (including phenoxy) is 1. The highest BCUT2D eigenvalue weighted by Gasteiger charge is 2.14. The molecule has 0 heterocycles. The van der Waals surface area contributed by atoms with Gasteiger partial charge in [-0.05, 0) is 26.3 Å². The average molecular weight is 207 g/mol. The molecule has 15 heavy (non-hydrogen) atoms. The van der Waals surface area contributed by atoms with Crippen LogP contribution in [0.1, 0.15) is 32.4 Å². The molecule has 0 aromatic heterocycles. The number of rotatable bonds is 5. The monoisotopic (exact) mass is 207 g/mol. The Morgan fingerprint density at radius 1 is 1.07 bits per heavy atom. The molecule has 1 aromatic rings. The first-order valence-corrected chi connectivity index (χ1v) is 5.49. The topological polar surface area (TPSA) is 21.3 Å². The number of hydrogen-bond acceptors (Lipinski definition) is 2. The van der Waals surface area contributed by atoms with E-state index in [0.717, 1.165) is 0 Å². The van der Waals surface area contributed by atoms with Gasteiger partial charge in [-0.15, -0.1) is 0 Å². The Kier molecular flexibility index (Phi) is 4.79. The summed E-state index contributed by atoms with van der Waals surface area (Å²) in [7, 11) is 1.75. The second-order valence-corrected chi connectivity index (χ2v) is 4.03. The first kappa shape index (κ1) is 12.2. The van der Waals surface area contributed by atoms with Gasteiger partial charge in [-0.1, -0.05) is 30.3 Å². The summed E-state index contributed by atoms with van der Waals surface area (Å²) in [4.78, 5) is 0. The summed E-state index contributed by atoms with van der Waals surface area (Å²) < 4.78 is 5.29. The van der Waals surface area contributed by atoms with Gasteiger partial charge in [-0.2, -0.15) is 0 Å². The SMILES string of the molecule is COC(C)C(C)N[C@H](C)c1ccccc1. The molecule has 1 N–H and O–H groups in total. The van der Waals surface area contributed by atoms with Crippen LogP contribution in [-0.2, 0) is 4.74 Å². The van der Waals surface area contributed by atoms with Crippen LogP contribution in [0.25, 0.3) is 0 Å². The molecule has 2 nitrogen and oxygen atoms in total. The van der Waals surface area contributed by atoms with Crippen molar-refractivity contribution in [2.75, 3.05) is 7.11 Å². The van der Waals surface area contributed by atoms with Gasteiger partial charge in [0.25, 0.3) is 0 Å². The summed E-state index contributed by atoms with van der Waals surface area (Å²) in [6.07, 6.45) is 0.233. The van der Waals surface area contributed by atoms with Crippen molar-refractivity contribution in [3.05, 3.63) is 35.9 Å². The quantitative estimate of drug-likeness (QED) is 0.801. The zero-order chi connectivity index (χ0) is 11.3. The van der Waals surface area contributed by atoms with E-state index >= 15 is 0 Å². The lowest BCUT2D eigenvalue weighted by Crippen LogP contribution is -2.38. The highest BCUT2D eigenvalue weighted by molar-refractivity contribution is 5.18. The number of nitrogens with one attached hydrogen (secondary N) is 1. The minimum absolute atomic E-state index is 0.233. The van der Waals surface area contributed by atoms with Crippen LogP contribution in [0, 0.1) is 0 Å². The molecule has 0 amide bonds. The lowest BCUT2D eigenvalue weighted by Gasteiger charge is -2.24. The average Bonchev–Trinajstić information content (AvgIpc) is 2.29.